The molecule has 8 nitrogen and oxygen atoms in total. The Morgan fingerprint density at radius 3 is 2.76 bits per heavy atom. The Balaban J connectivity index is 1.84. The number of anilines is 2. The number of nitrogens with one attached hydrogen (secondary N) is 1. The standard InChI is InChI=1S/C20H13ClN4O4/c1-28-20(27)18-17(23)10(8-22)9-25(18)12-3-5-15-13(7-12)19(26)24-14-6-11(21)2-4-16(14)29-15/h2-7,9H,23H2,1H3,(H,24,26). The highest BCUT2D eigenvalue weighted by atomic mass is 35.5. The average Bonchev–Trinajstić information content (AvgIpc) is 2.98. The van der Waals surface area contributed by atoms with Crippen LogP contribution < -0.4 is 15.8 Å². The van der Waals surface area contributed by atoms with Gasteiger partial charge >= 0.3 is 5.97 Å². The van der Waals surface area contributed by atoms with Gasteiger partial charge in [0.1, 0.15) is 11.8 Å². The van der Waals surface area contributed by atoms with Crippen LogP contribution >= 0.6 is 11.6 Å². The van der Waals surface area contributed by atoms with Crippen LogP contribution in [0.3, 0.4) is 0 Å². The fourth-order valence-electron chi connectivity index (χ4n) is 3.05. The van der Waals surface area contributed by atoms with Crippen LogP contribution in [0.5, 0.6) is 11.5 Å². The molecule has 0 radical (unpaired) electrons. The molecule has 9 heteroatoms. The van der Waals surface area contributed by atoms with E-state index in [1.807, 2.05) is 6.07 Å². The largest absolute Gasteiger partial charge is 0.464 e. The number of aromatic nitrogens is 1. The van der Waals surface area contributed by atoms with E-state index in [4.69, 9.17) is 26.8 Å². The Morgan fingerprint density at radius 1 is 1.28 bits per heavy atom. The van der Waals surface area contributed by atoms with Crippen molar-refractivity contribution in [2.75, 3.05) is 18.2 Å². The van der Waals surface area contributed by atoms with Gasteiger partial charge in [-0.15, -0.1) is 0 Å². The lowest BCUT2D eigenvalue weighted by molar-refractivity contribution is 0.0593. The molecule has 0 spiro atoms. The van der Waals surface area contributed by atoms with Crippen molar-refractivity contribution in [2.24, 2.45) is 0 Å². The van der Waals surface area contributed by atoms with E-state index in [9.17, 15) is 14.9 Å². The predicted molar refractivity (Wildman–Crippen MR) is 106 cm³/mol. The number of carbonyl (C=O) groups is 2. The molecule has 29 heavy (non-hydrogen) atoms. The van der Waals surface area contributed by atoms with Gasteiger partial charge in [-0.25, -0.2) is 4.79 Å². The smallest absolute Gasteiger partial charge is 0.357 e. The lowest BCUT2D eigenvalue weighted by Crippen LogP contribution is -2.13. The number of carbonyl (C=O) groups excluding carboxylic acids is 2. The molecule has 0 saturated carbocycles. The van der Waals surface area contributed by atoms with Gasteiger partial charge in [0.15, 0.2) is 11.4 Å². The molecule has 0 aliphatic carbocycles. The fourth-order valence-corrected chi connectivity index (χ4v) is 3.22. The Morgan fingerprint density at radius 2 is 2.03 bits per heavy atom. The molecule has 2 heterocycles. The highest BCUT2D eigenvalue weighted by molar-refractivity contribution is 6.31. The topological polar surface area (TPSA) is 119 Å². The summed E-state index contributed by atoms with van der Waals surface area (Å²) in [6.07, 6.45) is 1.41. The highest BCUT2D eigenvalue weighted by Crippen LogP contribution is 2.38. The normalized spacial score (nSPS) is 12.0. The van der Waals surface area contributed by atoms with Gasteiger partial charge in [0.25, 0.3) is 5.91 Å². The van der Waals surface area contributed by atoms with Crippen molar-refractivity contribution < 1.29 is 19.1 Å². The van der Waals surface area contributed by atoms with Crippen LogP contribution in [0.15, 0.2) is 42.6 Å². The second-order valence-corrected chi connectivity index (χ2v) is 6.59. The summed E-state index contributed by atoms with van der Waals surface area (Å²) < 4.78 is 12.0. The van der Waals surface area contributed by atoms with E-state index in [2.05, 4.69) is 5.32 Å². The second kappa shape index (κ2) is 6.89. The number of methoxy groups -OCH3 is 1. The van der Waals surface area contributed by atoms with Gasteiger partial charge in [-0.2, -0.15) is 5.26 Å². The van der Waals surface area contributed by atoms with Crippen LogP contribution in [0.25, 0.3) is 5.69 Å². The minimum Gasteiger partial charge on any atom is -0.464 e. The minimum absolute atomic E-state index is 0.00274. The third-order valence-corrected chi connectivity index (χ3v) is 4.67. The molecule has 144 valence electrons. The van der Waals surface area contributed by atoms with Gasteiger partial charge < -0.3 is 25.1 Å². The Hall–Kier alpha value is -3.96. The lowest BCUT2D eigenvalue weighted by Gasteiger charge is -2.12. The van der Waals surface area contributed by atoms with Crippen molar-refractivity contribution in [1.29, 1.82) is 5.26 Å². The predicted octanol–water partition coefficient (Wildman–Crippen LogP) is 3.73. The molecule has 2 aromatic carbocycles. The van der Waals surface area contributed by atoms with Gasteiger partial charge in [-0.3, -0.25) is 4.79 Å². The zero-order chi connectivity index (χ0) is 20.7. The summed E-state index contributed by atoms with van der Waals surface area (Å²) in [6, 6.07) is 11.6. The van der Waals surface area contributed by atoms with Crippen LogP contribution in [0.1, 0.15) is 26.4 Å². The Kier molecular flexibility index (Phi) is 4.37. The van der Waals surface area contributed by atoms with Crippen LogP contribution in [0.4, 0.5) is 11.4 Å². The highest BCUT2D eigenvalue weighted by Gasteiger charge is 2.25. The molecule has 0 unspecified atom stereocenters. The molecule has 3 aromatic rings. The van der Waals surface area contributed by atoms with Gasteiger partial charge in [-0.05, 0) is 36.4 Å². The summed E-state index contributed by atoms with van der Waals surface area (Å²) in [5.41, 5.74) is 7.14. The molecule has 0 bridgehead atoms. The average molecular weight is 409 g/mol. The number of nitrogens with two attached hydrogens (primary N) is 1. The molecular weight excluding hydrogens is 396 g/mol. The summed E-state index contributed by atoms with van der Waals surface area (Å²) in [5.74, 6) is -0.348. The number of fused-ring (bicyclic) bond motifs is 2. The number of nitrogen functional groups attached to an aromatic ring is 1. The van der Waals surface area contributed by atoms with Gasteiger partial charge in [0.2, 0.25) is 0 Å². The summed E-state index contributed by atoms with van der Waals surface area (Å²) in [6.45, 7) is 0. The van der Waals surface area contributed by atoms with E-state index in [1.54, 1.807) is 30.3 Å². The number of hydrogen-bond donors (Lipinski definition) is 2. The Bertz CT molecular complexity index is 1230. The molecular formula is C20H13ClN4O4. The third kappa shape index (κ3) is 3.03. The molecule has 0 saturated heterocycles. The monoisotopic (exact) mass is 408 g/mol. The van der Waals surface area contributed by atoms with E-state index < -0.39 is 11.9 Å². The van der Waals surface area contributed by atoms with Crippen molar-refractivity contribution in [3.8, 4) is 23.3 Å². The first kappa shape index (κ1) is 18.4. The SMILES string of the molecule is COC(=O)c1c(N)c(C#N)cn1-c1ccc2c(c1)C(=O)Nc1cc(Cl)ccc1O2. The van der Waals surface area contributed by atoms with Gasteiger partial charge in [0.05, 0.1) is 29.6 Å². The van der Waals surface area contributed by atoms with E-state index >= 15 is 0 Å². The first-order valence-electron chi connectivity index (χ1n) is 8.35. The molecule has 1 aromatic heterocycles. The number of ether oxygens (including phenoxy) is 2. The quantitative estimate of drug-likeness (QED) is 0.623. The fraction of sp³-hybridized carbons (Fsp3) is 0.0500. The maximum Gasteiger partial charge on any atom is 0.357 e. The molecule has 0 atom stereocenters. The summed E-state index contributed by atoms with van der Waals surface area (Å²) >= 11 is 5.99. The zero-order valence-corrected chi connectivity index (χ0v) is 15.8. The van der Waals surface area contributed by atoms with Crippen LogP contribution in [0, 0.1) is 11.3 Å². The second-order valence-electron chi connectivity index (χ2n) is 6.16. The number of benzene rings is 2. The maximum absolute atomic E-state index is 12.8. The number of halogens is 1. The van der Waals surface area contributed by atoms with E-state index in [0.29, 0.717) is 27.9 Å². The molecule has 0 fully saturated rings. The van der Waals surface area contributed by atoms with E-state index in [-0.39, 0.29) is 22.5 Å². The van der Waals surface area contributed by atoms with Crippen LogP contribution in [-0.4, -0.2) is 23.6 Å². The van der Waals surface area contributed by atoms with Crippen molar-refractivity contribution in [3.05, 3.63) is 64.4 Å². The minimum atomic E-state index is -0.707. The molecule has 1 aliphatic heterocycles. The first-order chi connectivity index (χ1) is 13.9. The molecule has 1 aliphatic rings. The third-order valence-electron chi connectivity index (χ3n) is 4.44. The van der Waals surface area contributed by atoms with Gasteiger partial charge in [0, 0.05) is 16.9 Å². The Labute approximate surface area is 170 Å². The van der Waals surface area contributed by atoms with E-state index in [0.717, 1.165) is 0 Å². The summed E-state index contributed by atoms with van der Waals surface area (Å²) in [7, 11) is 1.21. The molecule has 3 N–H and O–H groups in total. The summed E-state index contributed by atoms with van der Waals surface area (Å²) in [5, 5.41) is 12.5. The number of amides is 1. The number of rotatable bonds is 2. The molecule has 4 rings (SSSR count). The number of esters is 1. The number of hydrogen-bond acceptors (Lipinski definition) is 6. The first-order valence-corrected chi connectivity index (χ1v) is 8.73. The molecule has 1 amide bonds. The van der Waals surface area contributed by atoms with Crippen LogP contribution in [0.2, 0.25) is 5.02 Å². The number of nitriles is 1. The van der Waals surface area contributed by atoms with E-state index in [1.165, 1.54) is 23.9 Å². The lowest BCUT2D eigenvalue weighted by atomic mass is 10.1. The van der Waals surface area contributed by atoms with Crippen molar-refractivity contribution >= 4 is 34.9 Å². The van der Waals surface area contributed by atoms with Gasteiger partial charge in [-0.1, -0.05) is 11.6 Å². The van der Waals surface area contributed by atoms with Crippen molar-refractivity contribution in [3.63, 3.8) is 0 Å². The van der Waals surface area contributed by atoms with Crippen molar-refractivity contribution in [1.82, 2.24) is 4.57 Å². The summed E-state index contributed by atoms with van der Waals surface area (Å²) in [4.78, 5) is 25.0. The zero-order valence-electron chi connectivity index (χ0n) is 15.0. The number of nitrogens with zero attached hydrogens (tertiary/aromatic N) is 2. The van der Waals surface area contributed by atoms with Crippen LogP contribution in [-0.2, 0) is 4.74 Å². The maximum atomic E-state index is 12.8. The van der Waals surface area contributed by atoms with Crippen molar-refractivity contribution in [2.45, 2.75) is 0 Å².